The molecule has 0 fully saturated rings. The fourth-order valence-electron chi connectivity index (χ4n) is 2.38. The van der Waals surface area contributed by atoms with Crippen molar-refractivity contribution in [1.29, 1.82) is 0 Å². The molecular formula is C17H14N6OS. The molecule has 0 unspecified atom stereocenters. The molecule has 2 aromatic heterocycles. The van der Waals surface area contributed by atoms with E-state index in [-0.39, 0.29) is 5.56 Å². The Morgan fingerprint density at radius 2 is 1.92 bits per heavy atom. The number of nitrogens with zero attached hydrogens (tertiary/aromatic N) is 5. The number of rotatable bonds is 4. The fraction of sp³-hybridized carbons (Fsp3) is 0.118. The summed E-state index contributed by atoms with van der Waals surface area (Å²) >= 11 is 1.32. The minimum Gasteiger partial charge on any atom is -0.267 e. The van der Waals surface area contributed by atoms with E-state index in [0.29, 0.717) is 27.8 Å². The Bertz CT molecular complexity index is 1090. The van der Waals surface area contributed by atoms with Crippen LogP contribution in [0.5, 0.6) is 0 Å². The second-order valence-corrected chi connectivity index (χ2v) is 6.43. The topological polar surface area (TPSA) is 89.3 Å². The van der Waals surface area contributed by atoms with Crippen LogP contribution in [0, 0.1) is 6.92 Å². The van der Waals surface area contributed by atoms with Crippen LogP contribution in [0.25, 0.3) is 22.3 Å². The molecule has 0 saturated carbocycles. The maximum atomic E-state index is 12.4. The van der Waals surface area contributed by atoms with Gasteiger partial charge in [-0.3, -0.25) is 9.89 Å². The van der Waals surface area contributed by atoms with E-state index in [9.17, 15) is 4.79 Å². The molecule has 2 aromatic carbocycles. The van der Waals surface area contributed by atoms with Gasteiger partial charge in [0.05, 0.1) is 11.3 Å². The van der Waals surface area contributed by atoms with Crippen LogP contribution in [0.1, 0.15) is 5.56 Å². The summed E-state index contributed by atoms with van der Waals surface area (Å²) in [5.74, 6) is 0.987. The van der Waals surface area contributed by atoms with Gasteiger partial charge in [0.1, 0.15) is 5.52 Å². The summed E-state index contributed by atoms with van der Waals surface area (Å²) in [7, 11) is 0. The number of aromatic nitrogens is 6. The lowest BCUT2D eigenvalue weighted by atomic mass is 10.1. The Labute approximate surface area is 147 Å². The van der Waals surface area contributed by atoms with E-state index in [1.807, 2.05) is 43.3 Å². The van der Waals surface area contributed by atoms with Gasteiger partial charge in [0.2, 0.25) is 5.16 Å². The van der Waals surface area contributed by atoms with Gasteiger partial charge in [-0.05, 0) is 19.1 Å². The lowest BCUT2D eigenvalue weighted by Gasteiger charge is -2.02. The largest absolute Gasteiger partial charge is 0.278 e. The van der Waals surface area contributed by atoms with Gasteiger partial charge in [-0.1, -0.05) is 58.9 Å². The van der Waals surface area contributed by atoms with E-state index in [2.05, 4.69) is 25.5 Å². The van der Waals surface area contributed by atoms with Crippen LogP contribution >= 0.6 is 11.8 Å². The van der Waals surface area contributed by atoms with Crippen LogP contribution in [-0.2, 0) is 5.88 Å². The molecule has 8 heteroatoms. The van der Waals surface area contributed by atoms with Crippen molar-refractivity contribution < 1.29 is 0 Å². The average Bonchev–Trinajstić information content (AvgIpc) is 3.11. The highest BCUT2D eigenvalue weighted by Gasteiger charge is 2.09. The van der Waals surface area contributed by atoms with Crippen LogP contribution in [0.3, 0.4) is 0 Å². The number of aromatic amines is 1. The molecule has 1 N–H and O–H groups in total. The maximum absolute atomic E-state index is 12.4. The van der Waals surface area contributed by atoms with Crippen LogP contribution in [0.4, 0.5) is 0 Å². The quantitative estimate of drug-likeness (QED) is 0.569. The van der Waals surface area contributed by atoms with Crippen molar-refractivity contribution in [1.82, 2.24) is 30.2 Å². The molecule has 0 spiro atoms. The van der Waals surface area contributed by atoms with E-state index < -0.39 is 0 Å². The zero-order chi connectivity index (χ0) is 17.2. The number of H-pyrrole nitrogens is 1. The number of fused-ring (bicyclic) bond motifs is 1. The second kappa shape index (κ2) is 6.48. The summed E-state index contributed by atoms with van der Waals surface area (Å²) in [5.41, 5.74) is 2.57. The van der Waals surface area contributed by atoms with Gasteiger partial charge in [0, 0.05) is 5.56 Å². The van der Waals surface area contributed by atoms with E-state index in [4.69, 9.17) is 0 Å². The number of nitrogens with one attached hydrogen (secondary N) is 1. The zero-order valence-electron chi connectivity index (χ0n) is 13.4. The number of hydrogen-bond donors (Lipinski definition) is 1. The minimum absolute atomic E-state index is 0.174. The lowest BCUT2D eigenvalue weighted by molar-refractivity contribution is 0.644. The fourth-order valence-corrected chi connectivity index (χ4v) is 3.05. The SMILES string of the molecule is Cc1ccc(-c2nc(SCn3nnc4ccccc4c3=O)n[nH]2)cc1. The Hall–Kier alpha value is -3.00. The van der Waals surface area contributed by atoms with Crippen molar-refractivity contribution in [3.8, 4) is 11.4 Å². The van der Waals surface area contributed by atoms with E-state index in [1.54, 1.807) is 12.1 Å². The van der Waals surface area contributed by atoms with Gasteiger partial charge < -0.3 is 0 Å². The van der Waals surface area contributed by atoms with E-state index in [0.717, 1.165) is 5.56 Å². The van der Waals surface area contributed by atoms with Crippen LogP contribution in [-0.4, -0.2) is 30.2 Å². The molecule has 7 nitrogen and oxygen atoms in total. The van der Waals surface area contributed by atoms with Gasteiger partial charge >= 0.3 is 0 Å². The van der Waals surface area contributed by atoms with Gasteiger partial charge in [0.25, 0.3) is 5.56 Å². The molecule has 2 heterocycles. The van der Waals surface area contributed by atoms with Crippen molar-refractivity contribution in [2.75, 3.05) is 0 Å². The molecular weight excluding hydrogens is 336 g/mol. The first-order chi connectivity index (χ1) is 12.2. The molecule has 0 amide bonds. The van der Waals surface area contributed by atoms with Crippen molar-refractivity contribution in [2.45, 2.75) is 18.0 Å². The number of hydrogen-bond acceptors (Lipinski definition) is 6. The number of aryl methyl sites for hydroxylation is 1. The third kappa shape index (κ3) is 3.16. The third-order valence-corrected chi connectivity index (χ3v) is 4.55. The minimum atomic E-state index is -0.174. The molecule has 0 bridgehead atoms. The monoisotopic (exact) mass is 350 g/mol. The van der Waals surface area contributed by atoms with E-state index >= 15 is 0 Å². The summed E-state index contributed by atoms with van der Waals surface area (Å²) in [5, 5.41) is 16.2. The molecule has 0 radical (unpaired) electrons. The maximum Gasteiger partial charge on any atom is 0.278 e. The zero-order valence-corrected chi connectivity index (χ0v) is 14.2. The molecule has 0 atom stereocenters. The molecule has 0 saturated heterocycles. The Morgan fingerprint density at radius 1 is 1.12 bits per heavy atom. The molecule has 4 rings (SSSR count). The molecule has 0 aliphatic rings. The number of benzene rings is 2. The standard InChI is InChI=1S/C17H14N6OS/c1-11-6-8-12(9-7-11)15-18-17(21-20-15)25-10-23-16(24)13-4-2-3-5-14(13)19-22-23/h2-9H,10H2,1H3,(H,18,20,21). The smallest absolute Gasteiger partial charge is 0.267 e. The van der Waals surface area contributed by atoms with E-state index in [1.165, 1.54) is 22.0 Å². The van der Waals surface area contributed by atoms with Gasteiger partial charge in [-0.25, -0.2) is 4.98 Å². The highest BCUT2D eigenvalue weighted by atomic mass is 32.2. The summed E-state index contributed by atoms with van der Waals surface area (Å²) in [4.78, 5) is 16.9. The van der Waals surface area contributed by atoms with Gasteiger partial charge in [-0.15, -0.1) is 10.2 Å². The summed E-state index contributed by atoms with van der Waals surface area (Å²) < 4.78 is 1.31. The molecule has 124 valence electrons. The highest BCUT2D eigenvalue weighted by Crippen LogP contribution is 2.20. The predicted molar refractivity (Wildman–Crippen MR) is 96.2 cm³/mol. The normalized spacial score (nSPS) is 11.1. The third-order valence-electron chi connectivity index (χ3n) is 3.74. The second-order valence-electron chi connectivity index (χ2n) is 5.52. The van der Waals surface area contributed by atoms with Crippen LogP contribution in [0.2, 0.25) is 0 Å². The van der Waals surface area contributed by atoms with Gasteiger partial charge in [-0.2, -0.15) is 4.68 Å². The van der Waals surface area contributed by atoms with Crippen molar-refractivity contribution in [3.63, 3.8) is 0 Å². The van der Waals surface area contributed by atoms with Gasteiger partial charge in [0.15, 0.2) is 5.82 Å². The Kier molecular flexibility index (Phi) is 4.02. The molecule has 0 aliphatic carbocycles. The van der Waals surface area contributed by atoms with Crippen molar-refractivity contribution >= 4 is 22.7 Å². The first-order valence-corrected chi connectivity index (χ1v) is 8.64. The highest BCUT2D eigenvalue weighted by molar-refractivity contribution is 7.98. The van der Waals surface area contributed by atoms with Crippen molar-refractivity contribution in [3.05, 3.63) is 64.4 Å². The van der Waals surface area contributed by atoms with Crippen LogP contribution < -0.4 is 5.56 Å². The Morgan fingerprint density at radius 3 is 2.76 bits per heavy atom. The average molecular weight is 350 g/mol. The first kappa shape index (κ1) is 15.5. The molecule has 0 aliphatic heterocycles. The predicted octanol–water partition coefficient (Wildman–Crippen LogP) is 2.63. The molecule has 25 heavy (non-hydrogen) atoms. The number of thioether (sulfide) groups is 1. The van der Waals surface area contributed by atoms with Crippen LogP contribution in [0.15, 0.2) is 58.5 Å². The summed E-state index contributed by atoms with van der Waals surface area (Å²) in [6.45, 7) is 2.04. The van der Waals surface area contributed by atoms with Crippen molar-refractivity contribution in [2.24, 2.45) is 0 Å². The Balaban J connectivity index is 1.53. The first-order valence-electron chi connectivity index (χ1n) is 7.65. The summed E-state index contributed by atoms with van der Waals surface area (Å²) in [6, 6.07) is 15.2. The molecule has 4 aromatic rings. The lowest BCUT2D eigenvalue weighted by Crippen LogP contribution is -2.23. The summed E-state index contributed by atoms with van der Waals surface area (Å²) in [6.07, 6.45) is 0.